The number of halogens is 1. The molecule has 0 atom stereocenters. The Morgan fingerprint density at radius 2 is 1.72 bits per heavy atom. The number of sulfonamides is 1. The van der Waals surface area contributed by atoms with Gasteiger partial charge < -0.3 is 5.32 Å². The second-order valence-electron chi connectivity index (χ2n) is 6.77. The molecule has 0 aromatic heterocycles. The van der Waals surface area contributed by atoms with E-state index in [-0.39, 0.29) is 11.4 Å². The highest BCUT2D eigenvalue weighted by Crippen LogP contribution is 2.43. The number of nitrogens with zero attached hydrogens (tertiary/aromatic N) is 1. The maximum absolute atomic E-state index is 13.3. The zero-order chi connectivity index (χ0) is 20.6. The van der Waals surface area contributed by atoms with Gasteiger partial charge in [0.1, 0.15) is 6.54 Å². The average molecular weight is 427 g/mol. The number of carbonyl (C=O) groups excluding carboxylic acids is 1. The lowest BCUT2D eigenvalue weighted by atomic mass is 9.99. The molecule has 1 N–H and O–H groups in total. The molecule has 0 saturated heterocycles. The Hall–Kier alpha value is -2.83. The molecule has 1 amide bonds. The molecule has 0 aliphatic carbocycles. The lowest BCUT2D eigenvalue weighted by Crippen LogP contribution is -2.40. The molecule has 3 aromatic rings. The van der Waals surface area contributed by atoms with Crippen molar-refractivity contribution in [3.63, 3.8) is 0 Å². The van der Waals surface area contributed by atoms with Crippen LogP contribution in [0.4, 0.5) is 11.4 Å². The van der Waals surface area contributed by atoms with Crippen LogP contribution in [0.15, 0.2) is 71.6 Å². The maximum Gasteiger partial charge on any atom is 0.265 e. The van der Waals surface area contributed by atoms with Crippen LogP contribution in [-0.4, -0.2) is 20.9 Å². The molecule has 29 heavy (non-hydrogen) atoms. The summed E-state index contributed by atoms with van der Waals surface area (Å²) in [4.78, 5) is 12.9. The minimum Gasteiger partial charge on any atom is -0.325 e. The third-order valence-electron chi connectivity index (χ3n) is 4.90. The minimum absolute atomic E-state index is 0.208. The summed E-state index contributed by atoms with van der Waals surface area (Å²) < 4.78 is 27.7. The Morgan fingerprint density at radius 3 is 2.45 bits per heavy atom. The van der Waals surface area contributed by atoms with E-state index in [1.165, 1.54) is 4.31 Å². The van der Waals surface area contributed by atoms with E-state index < -0.39 is 15.9 Å². The number of aryl methyl sites for hydroxylation is 1. The van der Waals surface area contributed by atoms with Gasteiger partial charge in [0.2, 0.25) is 5.91 Å². The van der Waals surface area contributed by atoms with Gasteiger partial charge in [0.15, 0.2) is 0 Å². The lowest BCUT2D eigenvalue weighted by molar-refractivity contribution is -0.114. The van der Waals surface area contributed by atoms with Gasteiger partial charge in [-0.1, -0.05) is 42.8 Å². The molecule has 148 valence electrons. The zero-order valence-electron chi connectivity index (χ0n) is 15.7. The van der Waals surface area contributed by atoms with Crippen molar-refractivity contribution in [2.45, 2.75) is 18.2 Å². The van der Waals surface area contributed by atoms with E-state index >= 15 is 0 Å². The number of rotatable bonds is 4. The quantitative estimate of drug-likeness (QED) is 0.656. The summed E-state index contributed by atoms with van der Waals surface area (Å²) in [5.41, 5.74) is 3.63. The van der Waals surface area contributed by atoms with E-state index in [0.717, 1.165) is 17.5 Å². The molecule has 0 saturated carbocycles. The van der Waals surface area contributed by atoms with Gasteiger partial charge in [-0.3, -0.25) is 9.10 Å². The van der Waals surface area contributed by atoms with E-state index in [4.69, 9.17) is 11.6 Å². The molecule has 0 bridgehead atoms. The van der Waals surface area contributed by atoms with Crippen molar-refractivity contribution < 1.29 is 13.2 Å². The van der Waals surface area contributed by atoms with Crippen LogP contribution in [-0.2, 0) is 21.2 Å². The number of hydrogen-bond acceptors (Lipinski definition) is 3. The third kappa shape index (κ3) is 3.61. The average Bonchev–Trinajstić information content (AvgIpc) is 2.72. The molecule has 0 radical (unpaired) electrons. The number of carbonyl (C=O) groups is 1. The van der Waals surface area contributed by atoms with E-state index in [1.807, 2.05) is 25.1 Å². The summed E-state index contributed by atoms with van der Waals surface area (Å²) in [5, 5.41) is 3.28. The van der Waals surface area contributed by atoms with Crippen LogP contribution >= 0.6 is 11.6 Å². The smallest absolute Gasteiger partial charge is 0.265 e. The predicted molar refractivity (Wildman–Crippen MR) is 116 cm³/mol. The van der Waals surface area contributed by atoms with Crippen LogP contribution in [0.5, 0.6) is 0 Å². The fraction of sp³-hybridized carbons (Fsp3) is 0.136. The van der Waals surface area contributed by atoms with Gasteiger partial charge >= 0.3 is 0 Å². The van der Waals surface area contributed by atoms with Crippen molar-refractivity contribution in [2.24, 2.45) is 0 Å². The van der Waals surface area contributed by atoms with Crippen molar-refractivity contribution in [1.82, 2.24) is 0 Å². The molecule has 0 spiro atoms. The Labute approximate surface area is 175 Å². The number of hydrogen-bond donors (Lipinski definition) is 1. The summed E-state index contributed by atoms with van der Waals surface area (Å²) in [5.74, 6) is -0.430. The molecule has 5 nitrogen and oxygen atoms in total. The zero-order valence-corrected chi connectivity index (χ0v) is 17.3. The number of benzene rings is 3. The number of nitrogens with one attached hydrogen (secondary N) is 1. The highest BCUT2D eigenvalue weighted by Gasteiger charge is 2.35. The minimum atomic E-state index is -3.86. The molecular formula is C22H19ClN2O3S. The summed E-state index contributed by atoms with van der Waals surface area (Å²) in [6, 6.07) is 19.2. The van der Waals surface area contributed by atoms with Gasteiger partial charge in [0.25, 0.3) is 10.0 Å². The summed E-state index contributed by atoms with van der Waals surface area (Å²) in [6.45, 7) is 1.72. The second-order valence-corrected chi connectivity index (χ2v) is 9.04. The third-order valence-corrected chi connectivity index (χ3v) is 6.97. The van der Waals surface area contributed by atoms with Crippen LogP contribution in [0.2, 0.25) is 5.02 Å². The number of fused-ring (bicyclic) bond motifs is 3. The van der Waals surface area contributed by atoms with Crippen LogP contribution in [0.25, 0.3) is 11.1 Å². The highest BCUT2D eigenvalue weighted by atomic mass is 35.5. The highest BCUT2D eigenvalue weighted by molar-refractivity contribution is 7.93. The largest absolute Gasteiger partial charge is 0.325 e. The van der Waals surface area contributed by atoms with Crippen LogP contribution < -0.4 is 9.62 Å². The number of amides is 1. The predicted octanol–water partition coefficient (Wildman–Crippen LogP) is 4.72. The molecular weight excluding hydrogens is 408 g/mol. The molecule has 3 aromatic carbocycles. The first-order valence-electron chi connectivity index (χ1n) is 9.20. The van der Waals surface area contributed by atoms with Crippen molar-refractivity contribution in [1.29, 1.82) is 0 Å². The molecule has 1 aliphatic heterocycles. The summed E-state index contributed by atoms with van der Waals surface area (Å²) in [7, 11) is -3.86. The van der Waals surface area contributed by atoms with Crippen LogP contribution in [0.1, 0.15) is 12.5 Å². The topological polar surface area (TPSA) is 66.5 Å². The number of anilines is 2. The maximum atomic E-state index is 13.3. The second kappa shape index (κ2) is 7.54. The van der Waals surface area contributed by atoms with Crippen molar-refractivity contribution in [3.05, 3.63) is 77.3 Å². The van der Waals surface area contributed by atoms with Gasteiger partial charge in [-0.05, 0) is 54.4 Å². The van der Waals surface area contributed by atoms with Crippen molar-refractivity contribution in [2.75, 3.05) is 16.2 Å². The SMILES string of the molecule is CCc1ccc2c(c1)-c1ccccc1S(=O)(=O)N2CC(=O)Nc1ccc(Cl)cc1. The monoisotopic (exact) mass is 426 g/mol. The van der Waals surface area contributed by atoms with E-state index in [0.29, 0.717) is 22.0 Å². The van der Waals surface area contributed by atoms with E-state index in [1.54, 1.807) is 48.5 Å². The fourth-order valence-electron chi connectivity index (χ4n) is 3.43. The van der Waals surface area contributed by atoms with Gasteiger partial charge in [-0.25, -0.2) is 8.42 Å². The molecule has 0 unspecified atom stereocenters. The van der Waals surface area contributed by atoms with Crippen molar-refractivity contribution in [3.8, 4) is 11.1 Å². The molecule has 1 aliphatic rings. The molecule has 7 heteroatoms. The van der Waals surface area contributed by atoms with Gasteiger partial charge in [0, 0.05) is 21.8 Å². The fourth-order valence-corrected chi connectivity index (χ4v) is 5.21. The summed E-state index contributed by atoms with van der Waals surface area (Å²) in [6.07, 6.45) is 0.833. The van der Waals surface area contributed by atoms with E-state index in [9.17, 15) is 13.2 Å². The standard InChI is InChI=1S/C22H19ClN2O3S/c1-2-15-7-12-20-19(13-15)18-5-3-4-6-21(18)29(27,28)25(20)14-22(26)24-17-10-8-16(23)9-11-17/h3-13H,2,14H2,1H3,(H,24,26). The normalized spacial score (nSPS) is 14.1. The molecule has 0 fully saturated rings. The first-order chi connectivity index (χ1) is 13.9. The first kappa shape index (κ1) is 19.5. The molecule has 4 rings (SSSR count). The molecule has 1 heterocycles. The Kier molecular flexibility index (Phi) is 5.06. The van der Waals surface area contributed by atoms with Gasteiger partial charge in [-0.15, -0.1) is 0 Å². The lowest BCUT2D eigenvalue weighted by Gasteiger charge is -2.32. The van der Waals surface area contributed by atoms with Crippen LogP contribution in [0.3, 0.4) is 0 Å². The van der Waals surface area contributed by atoms with Crippen LogP contribution in [0, 0.1) is 0 Å². The van der Waals surface area contributed by atoms with Gasteiger partial charge in [-0.2, -0.15) is 0 Å². The van der Waals surface area contributed by atoms with E-state index in [2.05, 4.69) is 5.32 Å². The first-order valence-corrected chi connectivity index (χ1v) is 11.0. The Bertz CT molecular complexity index is 1190. The summed E-state index contributed by atoms with van der Waals surface area (Å²) >= 11 is 5.87. The Balaban J connectivity index is 1.73. The van der Waals surface area contributed by atoms with Crippen molar-refractivity contribution >= 4 is 38.9 Å². The van der Waals surface area contributed by atoms with Gasteiger partial charge in [0.05, 0.1) is 10.6 Å². The Morgan fingerprint density at radius 1 is 1.00 bits per heavy atom.